The molecule has 0 spiro atoms. The average Bonchev–Trinajstić information content (AvgIpc) is 2.24. The standard InChI is InChI=1S/C7H13FO3/c1-7(8)3-5(4-9)11-6(7)10-2/h5-6,9H,3-4H2,1-2H3/t5-,6?,7+/m0/s1. The van der Waals surface area contributed by atoms with Crippen LogP contribution < -0.4 is 0 Å². The van der Waals surface area contributed by atoms with E-state index in [1.165, 1.54) is 14.0 Å². The van der Waals surface area contributed by atoms with Gasteiger partial charge in [0.2, 0.25) is 0 Å². The molecule has 0 aromatic heterocycles. The molecule has 0 bridgehead atoms. The number of halogens is 1. The van der Waals surface area contributed by atoms with E-state index in [0.29, 0.717) is 0 Å². The molecule has 0 aromatic carbocycles. The first kappa shape index (κ1) is 8.90. The molecule has 0 aromatic rings. The Balaban J connectivity index is 2.55. The number of aliphatic hydroxyl groups is 1. The summed E-state index contributed by atoms with van der Waals surface area (Å²) in [4.78, 5) is 0. The number of alkyl halides is 1. The van der Waals surface area contributed by atoms with Gasteiger partial charge in [0.25, 0.3) is 0 Å². The lowest BCUT2D eigenvalue weighted by molar-refractivity contribution is -0.163. The molecule has 0 saturated carbocycles. The Morgan fingerprint density at radius 2 is 2.45 bits per heavy atom. The molecule has 4 heteroatoms. The molecule has 1 heterocycles. The third kappa shape index (κ3) is 1.69. The Morgan fingerprint density at radius 1 is 1.82 bits per heavy atom. The minimum Gasteiger partial charge on any atom is -0.394 e. The second-order valence-electron chi connectivity index (χ2n) is 2.99. The van der Waals surface area contributed by atoms with Crippen molar-refractivity contribution in [3.63, 3.8) is 0 Å². The van der Waals surface area contributed by atoms with E-state index in [1.54, 1.807) is 0 Å². The van der Waals surface area contributed by atoms with Crippen molar-refractivity contribution in [3.05, 3.63) is 0 Å². The zero-order valence-electron chi connectivity index (χ0n) is 6.71. The number of ether oxygens (including phenoxy) is 2. The van der Waals surface area contributed by atoms with Gasteiger partial charge in [0.05, 0.1) is 12.7 Å². The van der Waals surface area contributed by atoms with Gasteiger partial charge in [-0.15, -0.1) is 0 Å². The summed E-state index contributed by atoms with van der Waals surface area (Å²) in [6.45, 7) is 1.26. The van der Waals surface area contributed by atoms with E-state index in [9.17, 15) is 4.39 Å². The molecule has 0 radical (unpaired) electrons. The van der Waals surface area contributed by atoms with Crippen LogP contribution in [0.2, 0.25) is 0 Å². The number of rotatable bonds is 2. The van der Waals surface area contributed by atoms with Crippen LogP contribution in [0.15, 0.2) is 0 Å². The molecule has 1 saturated heterocycles. The van der Waals surface area contributed by atoms with Crippen LogP contribution in [0.3, 0.4) is 0 Å². The summed E-state index contributed by atoms with van der Waals surface area (Å²) in [6.07, 6.45) is -1.06. The van der Waals surface area contributed by atoms with Gasteiger partial charge >= 0.3 is 0 Å². The molecular weight excluding hydrogens is 151 g/mol. The molecule has 1 unspecified atom stereocenters. The summed E-state index contributed by atoms with van der Waals surface area (Å²) in [5.41, 5.74) is -1.47. The topological polar surface area (TPSA) is 38.7 Å². The van der Waals surface area contributed by atoms with E-state index in [0.717, 1.165) is 0 Å². The van der Waals surface area contributed by atoms with Crippen molar-refractivity contribution >= 4 is 0 Å². The third-order valence-electron chi connectivity index (χ3n) is 1.85. The predicted octanol–water partition coefficient (Wildman–Crippen LogP) is 0.468. The van der Waals surface area contributed by atoms with Gasteiger partial charge in [0.1, 0.15) is 0 Å². The molecule has 1 N–H and O–H groups in total. The number of hydrogen-bond donors (Lipinski definition) is 1. The Kier molecular flexibility index (Phi) is 2.47. The van der Waals surface area contributed by atoms with Crippen molar-refractivity contribution in [1.29, 1.82) is 0 Å². The molecule has 1 aliphatic rings. The van der Waals surface area contributed by atoms with E-state index < -0.39 is 18.1 Å². The summed E-state index contributed by atoms with van der Waals surface area (Å²) in [7, 11) is 1.39. The van der Waals surface area contributed by atoms with Crippen LogP contribution >= 0.6 is 0 Å². The Morgan fingerprint density at radius 3 is 2.73 bits per heavy atom. The van der Waals surface area contributed by atoms with E-state index in [2.05, 4.69) is 0 Å². The first-order chi connectivity index (χ1) is 5.10. The number of methoxy groups -OCH3 is 1. The minimum atomic E-state index is -1.47. The fourth-order valence-electron chi connectivity index (χ4n) is 1.32. The summed E-state index contributed by atoms with van der Waals surface area (Å²) in [5, 5.41) is 8.66. The van der Waals surface area contributed by atoms with Crippen LogP contribution in [0.25, 0.3) is 0 Å². The third-order valence-corrected chi connectivity index (χ3v) is 1.85. The molecule has 1 rings (SSSR count). The van der Waals surface area contributed by atoms with Gasteiger partial charge in [-0.05, 0) is 6.92 Å². The molecule has 1 aliphatic heterocycles. The van der Waals surface area contributed by atoms with Gasteiger partial charge in [-0.25, -0.2) is 4.39 Å². The van der Waals surface area contributed by atoms with Crippen LogP contribution in [0.5, 0.6) is 0 Å². The van der Waals surface area contributed by atoms with Crippen LogP contribution in [0.1, 0.15) is 13.3 Å². The molecule has 1 fully saturated rings. The van der Waals surface area contributed by atoms with Crippen LogP contribution in [-0.4, -0.2) is 36.9 Å². The summed E-state index contributed by atoms with van der Waals surface area (Å²) < 4.78 is 23.1. The van der Waals surface area contributed by atoms with Gasteiger partial charge < -0.3 is 14.6 Å². The van der Waals surface area contributed by atoms with Crippen molar-refractivity contribution in [3.8, 4) is 0 Å². The lowest BCUT2D eigenvalue weighted by atomic mass is 10.0. The van der Waals surface area contributed by atoms with E-state index in [4.69, 9.17) is 14.6 Å². The van der Waals surface area contributed by atoms with Crippen LogP contribution in [-0.2, 0) is 9.47 Å². The zero-order valence-corrected chi connectivity index (χ0v) is 6.71. The molecule has 66 valence electrons. The van der Waals surface area contributed by atoms with Crippen molar-refractivity contribution < 1.29 is 19.0 Å². The highest BCUT2D eigenvalue weighted by Gasteiger charge is 2.45. The van der Waals surface area contributed by atoms with Gasteiger partial charge in [0.15, 0.2) is 12.0 Å². The van der Waals surface area contributed by atoms with E-state index in [1.807, 2.05) is 0 Å². The van der Waals surface area contributed by atoms with Crippen molar-refractivity contribution in [2.45, 2.75) is 31.4 Å². The maximum Gasteiger partial charge on any atom is 0.191 e. The van der Waals surface area contributed by atoms with Crippen molar-refractivity contribution in [2.75, 3.05) is 13.7 Å². The first-order valence-corrected chi connectivity index (χ1v) is 3.58. The van der Waals surface area contributed by atoms with Gasteiger partial charge in [-0.2, -0.15) is 0 Å². The van der Waals surface area contributed by atoms with Crippen LogP contribution in [0, 0.1) is 0 Å². The SMILES string of the molecule is COC1O[C@H](CO)C[C@@]1(C)F. The van der Waals surface area contributed by atoms with E-state index >= 15 is 0 Å². The summed E-state index contributed by atoms with van der Waals surface area (Å²) in [6, 6.07) is 0. The lowest BCUT2D eigenvalue weighted by Crippen LogP contribution is -2.31. The Labute approximate surface area is 65.1 Å². The maximum absolute atomic E-state index is 13.4. The second-order valence-corrected chi connectivity index (χ2v) is 2.99. The number of aliphatic hydroxyl groups excluding tert-OH is 1. The smallest absolute Gasteiger partial charge is 0.191 e. The molecular formula is C7H13FO3. The molecule has 0 amide bonds. The second kappa shape index (κ2) is 3.05. The molecule has 3 nitrogen and oxygen atoms in total. The lowest BCUT2D eigenvalue weighted by Gasteiger charge is -2.18. The average molecular weight is 164 g/mol. The highest BCUT2D eigenvalue weighted by molar-refractivity contribution is 4.88. The highest BCUT2D eigenvalue weighted by atomic mass is 19.1. The van der Waals surface area contributed by atoms with Crippen molar-refractivity contribution in [1.82, 2.24) is 0 Å². The first-order valence-electron chi connectivity index (χ1n) is 3.58. The Hall–Kier alpha value is -0.190. The summed E-state index contributed by atoms with van der Waals surface area (Å²) in [5.74, 6) is 0. The Bertz CT molecular complexity index is 138. The highest BCUT2D eigenvalue weighted by Crippen LogP contribution is 2.33. The molecule has 3 atom stereocenters. The zero-order chi connectivity index (χ0) is 8.48. The molecule has 11 heavy (non-hydrogen) atoms. The predicted molar refractivity (Wildman–Crippen MR) is 36.9 cm³/mol. The van der Waals surface area contributed by atoms with E-state index in [-0.39, 0.29) is 13.0 Å². The van der Waals surface area contributed by atoms with Gasteiger partial charge in [-0.3, -0.25) is 0 Å². The largest absolute Gasteiger partial charge is 0.394 e. The maximum atomic E-state index is 13.4. The fourth-order valence-corrected chi connectivity index (χ4v) is 1.32. The van der Waals surface area contributed by atoms with Gasteiger partial charge in [0, 0.05) is 13.5 Å². The normalized spacial score (nSPS) is 44.7. The molecule has 0 aliphatic carbocycles. The summed E-state index contributed by atoms with van der Waals surface area (Å²) >= 11 is 0. The minimum absolute atomic E-state index is 0.153. The fraction of sp³-hybridized carbons (Fsp3) is 1.00. The van der Waals surface area contributed by atoms with Gasteiger partial charge in [-0.1, -0.05) is 0 Å². The monoisotopic (exact) mass is 164 g/mol. The van der Waals surface area contributed by atoms with Crippen molar-refractivity contribution in [2.24, 2.45) is 0 Å². The van der Waals surface area contributed by atoms with Crippen LogP contribution in [0.4, 0.5) is 4.39 Å². The number of hydrogen-bond acceptors (Lipinski definition) is 3. The quantitative estimate of drug-likeness (QED) is 0.644.